The quantitative estimate of drug-likeness (QED) is 0.596. The Kier molecular flexibility index (Phi) is 4.49. The van der Waals surface area contributed by atoms with Crippen LogP contribution in [0.4, 0.5) is 0 Å². The number of nitrogens with one attached hydrogen (secondary N) is 1. The first-order chi connectivity index (χ1) is 13.5. The molecule has 1 amide bonds. The molecule has 0 saturated heterocycles. The van der Waals surface area contributed by atoms with E-state index in [0.29, 0.717) is 11.0 Å². The number of nitrogens with zero attached hydrogens (tertiary/aromatic N) is 4. The second kappa shape index (κ2) is 7.11. The molecule has 0 fully saturated rings. The van der Waals surface area contributed by atoms with Gasteiger partial charge in [0, 0.05) is 0 Å². The van der Waals surface area contributed by atoms with Gasteiger partial charge < -0.3 is 0 Å². The van der Waals surface area contributed by atoms with Crippen LogP contribution in [0.5, 0.6) is 0 Å². The number of fused-ring (bicyclic) bond motifs is 1. The van der Waals surface area contributed by atoms with Gasteiger partial charge in [0.2, 0.25) is 5.91 Å². The van der Waals surface area contributed by atoms with Crippen LogP contribution in [0, 0.1) is 13.8 Å². The van der Waals surface area contributed by atoms with E-state index in [4.69, 9.17) is 0 Å². The maximum absolute atomic E-state index is 12.7. The van der Waals surface area contributed by atoms with Crippen LogP contribution < -0.4 is 11.0 Å². The number of hydrogen-bond acceptors (Lipinski definition) is 4. The van der Waals surface area contributed by atoms with Gasteiger partial charge in [0.25, 0.3) is 5.56 Å². The molecule has 0 aliphatic heterocycles. The predicted octanol–water partition coefficient (Wildman–Crippen LogP) is 2.51. The topological polar surface area (TPSA) is 81.8 Å². The Labute approximate surface area is 161 Å². The van der Waals surface area contributed by atoms with Crippen molar-refractivity contribution in [2.24, 2.45) is 0 Å². The third-order valence-corrected chi connectivity index (χ3v) is 4.46. The zero-order chi connectivity index (χ0) is 19.7. The van der Waals surface area contributed by atoms with E-state index in [-0.39, 0.29) is 17.9 Å². The number of aromatic nitrogens is 4. The van der Waals surface area contributed by atoms with Crippen molar-refractivity contribution in [2.45, 2.75) is 20.3 Å². The first kappa shape index (κ1) is 17.7. The van der Waals surface area contributed by atoms with Crippen LogP contribution in [0.1, 0.15) is 16.7 Å². The lowest BCUT2D eigenvalue weighted by molar-refractivity contribution is -0.116. The minimum atomic E-state index is -0.374. The second-order valence-electron chi connectivity index (χ2n) is 6.75. The molecule has 2 aromatic carbocycles. The number of aryl methyl sites for hydroxylation is 2. The van der Waals surface area contributed by atoms with Crippen LogP contribution in [0.2, 0.25) is 0 Å². The summed E-state index contributed by atoms with van der Waals surface area (Å²) in [4.78, 5) is 29.4. The molecule has 28 heavy (non-hydrogen) atoms. The smallest absolute Gasteiger partial charge is 0.273 e. The van der Waals surface area contributed by atoms with Crippen molar-refractivity contribution in [3.05, 3.63) is 88.1 Å². The molecule has 7 heteroatoms. The van der Waals surface area contributed by atoms with Gasteiger partial charge in [-0.2, -0.15) is 5.10 Å². The fourth-order valence-electron chi connectivity index (χ4n) is 3.05. The molecule has 0 atom stereocenters. The highest BCUT2D eigenvalue weighted by atomic mass is 16.2. The molecule has 1 N–H and O–H groups in total. The van der Waals surface area contributed by atoms with Crippen LogP contribution in [-0.4, -0.2) is 25.3 Å². The molecule has 0 aliphatic rings. The van der Waals surface area contributed by atoms with Gasteiger partial charge in [-0.25, -0.2) is 14.3 Å². The van der Waals surface area contributed by atoms with E-state index >= 15 is 0 Å². The van der Waals surface area contributed by atoms with Crippen molar-refractivity contribution in [3.8, 4) is 5.69 Å². The van der Waals surface area contributed by atoms with Gasteiger partial charge in [-0.05, 0) is 31.5 Å². The number of benzene rings is 2. The lowest BCUT2D eigenvalue weighted by atomic mass is 10.1. The summed E-state index contributed by atoms with van der Waals surface area (Å²) in [6.07, 6.45) is 2.95. The lowest BCUT2D eigenvalue weighted by Crippen LogP contribution is -2.34. The van der Waals surface area contributed by atoms with E-state index in [1.54, 1.807) is 4.68 Å². The zero-order valence-electron chi connectivity index (χ0n) is 15.6. The molecule has 0 saturated carbocycles. The monoisotopic (exact) mass is 373 g/mol. The molecular formula is C21H19N5O2. The fourth-order valence-corrected chi connectivity index (χ4v) is 3.05. The maximum atomic E-state index is 12.7. The van der Waals surface area contributed by atoms with E-state index in [9.17, 15) is 9.59 Å². The van der Waals surface area contributed by atoms with Gasteiger partial charge in [0.1, 0.15) is 11.7 Å². The Balaban J connectivity index is 1.61. The minimum absolute atomic E-state index is 0.175. The molecule has 7 nitrogen and oxygen atoms in total. The number of carbonyl (C=O) groups excluding carboxylic acids is 1. The number of rotatable bonds is 4. The molecule has 2 heterocycles. The third-order valence-electron chi connectivity index (χ3n) is 4.46. The average Bonchev–Trinajstić information content (AvgIpc) is 3.09. The first-order valence-electron chi connectivity index (χ1n) is 8.89. The zero-order valence-corrected chi connectivity index (χ0v) is 15.6. The first-order valence-corrected chi connectivity index (χ1v) is 8.89. The van der Waals surface area contributed by atoms with Crippen molar-refractivity contribution < 1.29 is 4.79 Å². The average molecular weight is 373 g/mol. The highest BCUT2D eigenvalue weighted by Crippen LogP contribution is 2.14. The third kappa shape index (κ3) is 3.42. The van der Waals surface area contributed by atoms with Crippen LogP contribution in [0.15, 0.2) is 65.8 Å². The van der Waals surface area contributed by atoms with Crippen LogP contribution in [0.3, 0.4) is 0 Å². The Morgan fingerprint density at radius 3 is 2.61 bits per heavy atom. The van der Waals surface area contributed by atoms with Gasteiger partial charge >= 0.3 is 0 Å². The summed E-state index contributed by atoms with van der Waals surface area (Å²) < 4.78 is 2.71. The Hall–Kier alpha value is -3.74. The highest BCUT2D eigenvalue weighted by molar-refractivity contribution is 5.86. The Morgan fingerprint density at radius 2 is 1.86 bits per heavy atom. The van der Waals surface area contributed by atoms with Crippen molar-refractivity contribution in [2.75, 3.05) is 5.43 Å². The molecule has 0 radical (unpaired) electrons. The molecule has 140 valence electrons. The van der Waals surface area contributed by atoms with Gasteiger partial charge in [0.05, 0.1) is 18.3 Å². The van der Waals surface area contributed by atoms with Gasteiger partial charge in [-0.3, -0.25) is 15.0 Å². The second-order valence-corrected chi connectivity index (χ2v) is 6.75. The summed E-state index contributed by atoms with van der Waals surface area (Å²) in [6, 6.07) is 15.5. The number of carbonyl (C=O) groups is 1. The fraction of sp³-hybridized carbons (Fsp3) is 0.143. The van der Waals surface area contributed by atoms with Gasteiger partial charge in [0.15, 0.2) is 5.65 Å². The van der Waals surface area contributed by atoms with Crippen LogP contribution >= 0.6 is 0 Å². The predicted molar refractivity (Wildman–Crippen MR) is 107 cm³/mol. The van der Waals surface area contributed by atoms with E-state index in [2.05, 4.69) is 15.5 Å². The van der Waals surface area contributed by atoms with E-state index in [1.165, 1.54) is 12.5 Å². The molecule has 4 rings (SSSR count). The van der Waals surface area contributed by atoms with Crippen molar-refractivity contribution in [1.82, 2.24) is 19.4 Å². The van der Waals surface area contributed by atoms with Crippen LogP contribution in [0.25, 0.3) is 16.7 Å². The minimum Gasteiger partial charge on any atom is -0.273 e. The molecule has 0 spiro atoms. The van der Waals surface area contributed by atoms with Crippen molar-refractivity contribution >= 4 is 16.9 Å². The normalized spacial score (nSPS) is 10.9. The summed E-state index contributed by atoms with van der Waals surface area (Å²) in [5, 5.41) is 4.61. The van der Waals surface area contributed by atoms with Crippen molar-refractivity contribution in [1.29, 1.82) is 0 Å². The number of hydrogen-bond donors (Lipinski definition) is 1. The standard InChI is InChI=1S/C21H19N5O2/c1-14-6-8-17(9-7-14)26-20-18(12-23-26)21(28)25(13-22-20)24-19(27)11-16-5-3-4-15(2)10-16/h3-10,12-13H,11H2,1-2H3,(H,24,27). The summed E-state index contributed by atoms with van der Waals surface area (Å²) in [5.41, 5.74) is 6.57. The van der Waals surface area contributed by atoms with Gasteiger partial charge in [-0.1, -0.05) is 47.5 Å². The molecule has 4 aromatic rings. The summed E-state index contributed by atoms with van der Waals surface area (Å²) >= 11 is 0. The molecule has 0 aliphatic carbocycles. The largest absolute Gasteiger partial charge is 0.283 e. The summed E-state index contributed by atoms with van der Waals surface area (Å²) in [7, 11) is 0. The lowest BCUT2D eigenvalue weighted by Gasteiger charge is -2.08. The molecule has 0 unspecified atom stereocenters. The number of amides is 1. The van der Waals surface area contributed by atoms with E-state index < -0.39 is 0 Å². The SMILES string of the molecule is Cc1ccc(-n2ncc3c(=O)n(NC(=O)Cc4cccc(C)c4)cnc32)cc1. The van der Waals surface area contributed by atoms with Crippen LogP contribution in [-0.2, 0) is 11.2 Å². The summed E-state index contributed by atoms with van der Waals surface area (Å²) in [6.45, 7) is 3.97. The molecular weight excluding hydrogens is 354 g/mol. The molecule has 0 bridgehead atoms. The molecule has 2 aromatic heterocycles. The van der Waals surface area contributed by atoms with Crippen molar-refractivity contribution in [3.63, 3.8) is 0 Å². The van der Waals surface area contributed by atoms with E-state index in [1.807, 2.05) is 62.4 Å². The Bertz CT molecular complexity index is 1220. The Morgan fingerprint density at radius 1 is 1.07 bits per heavy atom. The highest BCUT2D eigenvalue weighted by Gasteiger charge is 2.13. The maximum Gasteiger partial charge on any atom is 0.283 e. The van der Waals surface area contributed by atoms with Gasteiger partial charge in [-0.15, -0.1) is 0 Å². The summed E-state index contributed by atoms with van der Waals surface area (Å²) in [5.74, 6) is -0.292. The van der Waals surface area contributed by atoms with E-state index in [0.717, 1.165) is 27.1 Å².